The fourth-order valence-electron chi connectivity index (χ4n) is 25.5. The van der Waals surface area contributed by atoms with E-state index in [2.05, 4.69) is 448 Å². The van der Waals surface area contributed by atoms with Crippen LogP contribution >= 0.6 is 0 Å². The van der Waals surface area contributed by atoms with Crippen LogP contribution in [0, 0.1) is 0 Å². The van der Waals surface area contributed by atoms with Gasteiger partial charge in [0, 0.05) is 102 Å². The topological polar surface area (TPSA) is 39.7 Å². The third kappa shape index (κ3) is 11.6. The Kier molecular flexibility index (Phi) is 18.0. The predicted molar refractivity (Wildman–Crippen MR) is 564 cm³/mol. The van der Waals surface area contributed by atoms with Crippen LogP contribution in [0.25, 0.3) is 127 Å². The molecule has 0 saturated carbocycles. The molecule has 28 rings (SSSR count). The summed E-state index contributed by atoms with van der Waals surface area (Å²) >= 11 is 0. The number of aromatic nitrogens is 3. The van der Waals surface area contributed by atoms with Crippen LogP contribution in [-0.4, -0.2) is 33.5 Å². The van der Waals surface area contributed by atoms with Gasteiger partial charge >= 0.3 is 0 Å². The molecule has 6 aliphatic rings. The zero-order valence-corrected chi connectivity index (χ0v) is 75.5. The molecule has 7 nitrogen and oxygen atoms in total. The van der Waals surface area contributed by atoms with Crippen molar-refractivity contribution in [2.24, 2.45) is 0 Å². The van der Waals surface area contributed by atoms with Crippen LogP contribution in [-0.2, 0) is 23.7 Å². The van der Waals surface area contributed by atoms with E-state index in [0.717, 1.165) is 117 Å². The SMILES string of the molecule is c1ccc(-n2c3ccccc3c3cc4c(cc32)N(CCCCCCc2ccccc2-c2ccc3c(c2)C2(c5ccccc5O3)c3ccccc3-c3ccccc32)c2cc(-n3c5ccccc5c5ccccc53)cc3c2B4c2cc4c5ccccc5n(-c5ccccc5)c4cc2N3CCCCCCc2ccccc2-c2ccc3c(c2)C2(c4ccccc4O3)c3ccccc3-c3ccccc32)cc1. The minimum absolute atomic E-state index is 0.135. The second-order valence-electron chi connectivity index (χ2n) is 38.2. The summed E-state index contributed by atoms with van der Waals surface area (Å²) in [5.41, 5.74) is 41.6. The van der Waals surface area contributed by atoms with Crippen LogP contribution < -0.4 is 35.7 Å². The monoisotopic (exact) mass is 1740 g/mol. The Morgan fingerprint density at radius 3 is 0.934 bits per heavy atom. The van der Waals surface area contributed by atoms with Crippen LogP contribution in [0.3, 0.4) is 0 Å². The minimum Gasteiger partial charge on any atom is -0.457 e. The number of anilines is 4. The standard InChI is InChI=1S/C128H94BN5O2/c1(7-39-83-41-13-15-47-90(83)85-69-71-124-108(75-85)127(106-61-29-35-67-122(106)135-124)102-57-25-17-49-92(102)93-50-18-26-58-103(93)127)3-37-73-130-118-81-116-100(98-55-23-33-65-114(98)132(116)87-43-9-5-10-44-87)79-110(118)129-111-80-101-99-56-24-34-66-115(99)133(88-45-11-6-12-46-88)117(101)82-119(111)131(121-78-89(77-120(130)126(121)129)134-112-63-31-21-53-96(112)97-54-22-32-64-113(97)134)74-38-4-2-8-40-84-42-14-16-48-91(84)86-70-72-125-109(76-86)128(107-62-30-36-68-123(107)136-125)104-59-27-19-51-94(104)95-52-20-28-60-105(95)128/h5-6,9-36,41-72,75-82H,1-4,7-8,37-40,73-74H2. The van der Waals surface area contributed by atoms with E-state index in [4.69, 9.17) is 9.47 Å². The van der Waals surface area contributed by atoms with E-state index in [1.54, 1.807) is 0 Å². The number of benzene rings is 19. The number of nitrogens with zero attached hydrogens (tertiary/aromatic N) is 5. The molecule has 0 fully saturated rings. The van der Waals surface area contributed by atoms with Crippen molar-refractivity contribution in [1.29, 1.82) is 0 Å². The summed E-state index contributed by atoms with van der Waals surface area (Å²) < 4.78 is 21.6. The Hall–Kier alpha value is -16.2. The van der Waals surface area contributed by atoms with Crippen molar-refractivity contribution in [2.75, 3.05) is 22.9 Å². The van der Waals surface area contributed by atoms with Crippen LogP contribution in [0.1, 0.15) is 107 Å². The summed E-state index contributed by atoms with van der Waals surface area (Å²) in [4.78, 5) is 5.61. The van der Waals surface area contributed by atoms with Gasteiger partial charge in [-0.15, -0.1) is 0 Å². The summed E-state index contributed by atoms with van der Waals surface area (Å²) in [5.74, 6) is 3.64. The van der Waals surface area contributed by atoms with Gasteiger partial charge < -0.3 is 33.0 Å². The van der Waals surface area contributed by atoms with Gasteiger partial charge in [0.05, 0.1) is 49.6 Å². The summed E-state index contributed by atoms with van der Waals surface area (Å²) in [6, 6.07) is 160. The summed E-state index contributed by atoms with van der Waals surface area (Å²) in [7, 11) is 0. The van der Waals surface area contributed by atoms with Crippen LogP contribution in [0.5, 0.6) is 23.0 Å². The highest BCUT2D eigenvalue weighted by Crippen LogP contribution is 2.65. The number of unbranched alkanes of at least 4 members (excludes halogenated alkanes) is 6. The molecule has 0 saturated heterocycles. The maximum atomic E-state index is 6.96. The molecule has 19 aromatic carbocycles. The van der Waals surface area contributed by atoms with E-state index in [0.29, 0.717) is 0 Å². The molecule has 0 unspecified atom stereocenters. The highest BCUT2D eigenvalue weighted by atomic mass is 16.5. The summed E-state index contributed by atoms with van der Waals surface area (Å²) in [6.45, 7) is 1.51. The number of para-hydroxylation sites is 8. The Balaban J connectivity index is 0.556. The first kappa shape index (κ1) is 78.5. The predicted octanol–water partition coefficient (Wildman–Crippen LogP) is 30.3. The van der Waals surface area contributed by atoms with Crippen LogP contribution in [0.4, 0.5) is 22.7 Å². The lowest BCUT2D eigenvalue weighted by molar-refractivity contribution is 0.436. The van der Waals surface area contributed by atoms with E-state index in [1.807, 2.05) is 0 Å². The zero-order chi connectivity index (χ0) is 89.3. The molecule has 22 aromatic rings. The molecule has 646 valence electrons. The number of rotatable bonds is 19. The number of fused-ring (bicyclic) bond motifs is 31. The van der Waals surface area contributed by atoms with Gasteiger partial charge in [-0.3, -0.25) is 0 Å². The number of ether oxygens (including phenoxy) is 2. The highest BCUT2D eigenvalue weighted by Gasteiger charge is 2.54. The molecule has 8 heteroatoms. The molecule has 2 spiro atoms. The van der Waals surface area contributed by atoms with Crippen molar-refractivity contribution >= 4 is 111 Å². The first-order valence-corrected chi connectivity index (χ1v) is 48.9. The highest BCUT2D eigenvalue weighted by molar-refractivity contribution is 7.00. The van der Waals surface area contributed by atoms with Gasteiger partial charge in [-0.05, 0) is 242 Å². The molecule has 7 heterocycles. The number of aryl methyl sites for hydroxylation is 2. The Labute approximate surface area is 791 Å². The van der Waals surface area contributed by atoms with Crippen LogP contribution in [0.2, 0.25) is 0 Å². The van der Waals surface area contributed by atoms with Gasteiger partial charge in [-0.25, -0.2) is 0 Å². The number of hydrogen-bond acceptors (Lipinski definition) is 4. The first-order chi connectivity index (χ1) is 67.5. The molecular weight excluding hydrogens is 1650 g/mol. The molecule has 2 aliphatic carbocycles. The Morgan fingerprint density at radius 2 is 0.529 bits per heavy atom. The molecule has 0 atom stereocenters. The molecular formula is C128H94BN5O2. The van der Waals surface area contributed by atoms with Gasteiger partial charge in [-0.2, -0.15) is 0 Å². The fraction of sp³-hybridized carbons (Fsp3) is 0.109. The van der Waals surface area contributed by atoms with Gasteiger partial charge in [-0.1, -0.05) is 341 Å². The van der Waals surface area contributed by atoms with Crippen molar-refractivity contribution in [2.45, 2.75) is 75.0 Å². The largest absolute Gasteiger partial charge is 0.457 e. The van der Waals surface area contributed by atoms with E-state index in [-0.39, 0.29) is 6.71 Å². The average Bonchev–Trinajstić information content (AvgIpc) is 1.46. The van der Waals surface area contributed by atoms with Gasteiger partial charge in [0.15, 0.2) is 0 Å². The Morgan fingerprint density at radius 1 is 0.213 bits per heavy atom. The van der Waals surface area contributed by atoms with Crippen molar-refractivity contribution in [3.8, 4) is 84.6 Å². The quantitative estimate of drug-likeness (QED) is 0.0597. The summed E-state index contributed by atoms with van der Waals surface area (Å²) in [5, 5.41) is 7.54. The van der Waals surface area contributed by atoms with E-state index < -0.39 is 10.8 Å². The fourth-order valence-corrected chi connectivity index (χ4v) is 25.5. The first-order valence-electron chi connectivity index (χ1n) is 48.9. The van der Waals surface area contributed by atoms with Crippen LogP contribution in [0.15, 0.2) is 425 Å². The molecule has 0 N–H and O–H groups in total. The van der Waals surface area contributed by atoms with Gasteiger partial charge in [0.2, 0.25) is 0 Å². The van der Waals surface area contributed by atoms with Crippen molar-refractivity contribution in [3.05, 3.63) is 480 Å². The third-order valence-electron chi connectivity index (χ3n) is 31.2. The second kappa shape index (κ2) is 31.2. The van der Waals surface area contributed by atoms with Gasteiger partial charge in [0.25, 0.3) is 6.71 Å². The van der Waals surface area contributed by atoms with Crippen molar-refractivity contribution in [1.82, 2.24) is 13.7 Å². The normalized spacial score (nSPS) is 13.8. The smallest absolute Gasteiger partial charge is 0.252 e. The van der Waals surface area contributed by atoms with E-state index in [9.17, 15) is 0 Å². The Bertz CT molecular complexity index is 8100. The maximum absolute atomic E-state index is 6.96. The second-order valence-corrected chi connectivity index (χ2v) is 38.2. The summed E-state index contributed by atoms with van der Waals surface area (Å²) in [6.07, 6.45) is 10.3. The molecule has 0 radical (unpaired) electrons. The minimum atomic E-state index is -0.545. The zero-order valence-electron chi connectivity index (χ0n) is 75.5. The van der Waals surface area contributed by atoms with Crippen molar-refractivity contribution < 1.29 is 9.47 Å². The molecule has 136 heavy (non-hydrogen) atoms. The third-order valence-corrected chi connectivity index (χ3v) is 31.2. The van der Waals surface area contributed by atoms with Crippen molar-refractivity contribution in [3.63, 3.8) is 0 Å². The lowest BCUT2D eigenvalue weighted by atomic mass is 9.33. The maximum Gasteiger partial charge on any atom is 0.252 e. The van der Waals surface area contributed by atoms with E-state index >= 15 is 0 Å². The van der Waals surface area contributed by atoms with E-state index in [1.165, 1.54) is 205 Å². The molecule has 3 aromatic heterocycles. The number of hydrogen-bond donors (Lipinski definition) is 0. The molecule has 0 amide bonds. The lowest BCUT2D eigenvalue weighted by Crippen LogP contribution is -2.62. The molecule has 4 aliphatic heterocycles. The molecule has 0 bridgehead atoms. The lowest BCUT2D eigenvalue weighted by Gasteiger charge is -2.45. The van der Waals surface area contributed by atoms with Gasteiger partial charge in [0.1, 0.15) is 23.0 Å². The average molecular weight is 1750 g/mol.